The Labute approximate surface area is 229 Å². The molecule has 9 heteroatoms. The zero-order valence-electron chi connectivity index (χ0n) is 21.7. The lowest BCUT2D eigenvalue weighted by molar-refractivity contribution is -0.150. The minimum absolute atomic E-state index is 0.00966. The van der Waals surface area contributed by atoms with Crippen LogP contribution in [0.1, 0.15) is 31.9 Å². The third-order valence-electron chi connectivity index (χ3n) is 5.97. The summed E-state index contributed by atoms with van der Waals surface area (Å²) >= 11 is 11.7. The molecule has 2 aliphatic heterocycles. The molecule has 0 unspecified atom stereocenters. The lowest BCUT2D eigenvalue weighted by Crippen LogP contribution is -2.53. The van der Waals surface area contributed by atoms with Crippen molar-refractivity contribution in [3.8, 4) is 0 Å². The van der Waals surface area contributed by atoms with E-state index in [9.17, 15) is 4.79 Å². The molecular formula is C28H38Cl2N2O5. The number of ether oxygens (including phenoxy) is 3. The fourth-order valence-corrected chi connectivity index (χ4v) is 4.18. The fourth-order valence-electron chi connectivity index (χ4n) is 3.93. The molecule has 0 spiro atoms. The van der Waals surface area contributed by atoms with Crippen LogP contribution in [0.3, 0.4) is 0 Å². The maximum Gasteiger partial charge on any atom is 0.251 e. The molecule has 0 aromatic heterocycles. The normalized spacial score (nSPS) is 24.1. The van der Waals surface area contributed by atoms with Gasteiger partial charge in [0.1, 0.15) is 0 Å². The Morgan fingerprint density at radius 2 is 1.46 bits per heavy atom. The first-order valence-electron chi connectivity index (χ1n) is 12.6. The molecule has 204 valence electrons. The van der Waals surface area contributed by atoms with E-state index in [1.807, 2.05) is 69.3 Å². The molecule has 0 bridgehead atoms. The summed E-state index contributed by atoms with van der Waals surface area (Å²) in [6.07, 6.45) is 1.08. The molecule has 4 atom stereocenters. The van der Waals surface area contributed by atoms with Crippen LogP contribution >= 0.6 is 23.2 Å². The summed E-state index contributed by atoms with van der Waals surface area (Å²) in [6, 6.07) is 15.8. The smallest absolute Gasteiger partial charge is 0.251 e. The lowest BCUT2D eigenvalue weighted by Gasteiger charge is -2.31. The second-order valence-corrected chi connectivity index (χ2v) is 11.2. The van der Waals surface area contributed by atoms with Gasteiger partial charge in [-0.25, -0.2) is 0 Å². The van der Waals surface area contributed by atoms with Gasteiger partial charge in [0.25, 0.3) is 5.91 Å². The van der Waals surface area contributed by atoms with Gasteiger partial charge in [-0.3, -0.25) is 4.79 Å². The van der Waals surface area contributed by atoms with Crippen LogP contribution in [-0.4, -0.2) is 73.9 Å². The SMILES string of the molecule is CC(C)(C)OC[C@@H]1OC[C@H](Cc2ccc(Cl)cc2)NC1=O.OC[C@H]1CN[C@@H](Cc2ccc(Cl)cc2)CO1. The first-order valence-corrected chi connectivity index (χ1v) is 13.4. The van der Waals surface area contributed by atoms with E-state index >= 15 is 0 Å². The van der Waals surface area contributed by atoms with Gasteiger partial charge in [-0.1, -0.05) is 47.5 Å². The molecule has 37 heavy (non-hydrogen) atoms. The molecule has 4 rings (SSSR count). The number of aliphatic hydroxyl groups is 1. The molecule has 0 saturated carbocycles. The van der Waals surface area contributed by atoms with E-state index in [1.54, 1.807) is 0 Å². The molecule has 7 nitrogen and oxygen atoms in total. The molecule has 2 heterocycles. The molecule has 1 amide bonds. The molecule has 0 radical (unpaired) electrons. The average Bonchev–Trinajstić information content (AvgIpc) is 2.87. The van der Waals surface area contributed by atoms with Crippen molar-refractivity contribution in [3.05, 3.63) is 69.7 Å². The highest BCUT2D eigenvalue weighted by atomic mass is 35.5. The Morgan fingerprint density at radius 1 is 0.919 bits per heavy atom. The topological polar surface area (TPSA) is 89.1 Å². The van der Waals surface area contributed by atoms with E-state index in [0.29, 0.717) is 24.3 Å². The number of amides is 1. The number of hydrogen-bond acceptors (Lipinski definition) is 6. The number of morpholine rings is 2. The van der Waals surface area contributed by atoms with E-state index in [0.717, 1.165) is 30.0 Å². The highest BCUT2D eigenvalue weighted by Crippen LogP contribution is 2.15. The van der Waals surface area contributed by atoms with Crippen molar-refractivity contribution in [2.75, 3.05) is 33.0 Å². The van der Waals surface area contributed by atoms with Crippen LogP contribution in [0.15, 0.2) is 48.5 Å². The van der Waals surface area contributed by atoms with Gasteiger partial charge in [-0.05, 0) is 69.0 Å². The quantitative estimate of drug-likeness (QED) is 0.484. The summed E-state index contributed by atoms with van der Waals surface area (Å²) in [4.78, 5) is 12.0. The summed E-state index contributed by atoms with van der Waals surface area (Å²) in [5.74, 6) is -0.107. The maximum atomic E-state index is 12.0. The van der Waals surface area contributed by atoms with Gasteiger partial charge in [0.05, 0.1) is 44.2 Å². The highest BCUT2D eigenvalue weighted by Gasteiger charge is 2.30. The molecule has 3 N–H and O–H groups in total. The van der Waals surface area contributed by atoms with Crippen molar-refractivity contribution in [1.29, 1.82) is 0 Å². The molecule has 2 aromatic carbocycles. The highest BCUT2D eigenvalue weighted by molar-refractivity contribution is 6.30. The zero-order valence-corrected chi connectivity index (χ0v) is 23.2. The van der Waals surface area contributed by atoms with E-state index in [-0.39, 0.29) is 36.9 Å². The van der Waals surface area contributed by atoms with Crippen molar-refractivity contribution in [2.24, 2.45) is 0 Å². The van der Waals surface area contributed by atoms with Gasteiger partial charge in [0.2, 0.25) is 0 Å². The zero-order chi connectivity index (χ0) is 26.8. The number of halogens is 2. The predicted octanol–water partition coefficient (Wildman–Crippen LogP) is 3.81. The summed E-state index contributed by atoms with van der Waals surface area (Å²) in [6.45, 7) is 8.09. The Hall–Kier alpha value is -1.71. The first kappa shape index (κ1) is 29.8. The van der Waals surface area contributed by atoms with Gasteiger partial charge < -0.3 is 30.0 Å². The van der Waals surface area contributed by atoms with E-state index in [1.165, 1.54) is 5.56 Å². The maximum absolute atomic E-state index is 12.0. The fraction of sp³-hybridized carbons (Fsp3) is 0.536. The Balaban J connectivity index is 0.000000213. The summed E-state index contributed by atoms with van der Waals surface area (Å²) < 4.78 is 16.7. The van der Waals surface area contributed by atoms with Gasteiger partial charge in [-0.2, -0.15) is 0 Å². The van der Waals surface area contributed by atoms with Crippen LogP contribution in [-0.2, 0) is 31.8 Å². The van der Waals surface area contributed by atoms with Gasteiger partial charge in [-0.15, -0.1) is 0 Å². The summed E-state index contributed by atoms with van der Waals surface area (Å²) in [5.41, 5.74) is 2.09. The molecule has 2 aromatic rings. The molecule has 2 fully saturated rings. The van der Waals surface area contributed by atoms with Crippen LogP contribution in [0.4, 0.5) is 0 Å². The number of carbonyl (C=O) groups excluding carboxylic acids is 1. The van der Waals surface area contributed by atoms with Gasteiger partial charge in [0.15, 0.2) is 6.10 Å². The largest absolute Gasteiger partial charge is 0.394 e. The van der Waals surface area contributed by atoms with Crippen molar-refractivity contribution in [3.63, 3.8) is 0 Å². The number of benzene rings is 2. The third kappa shape index (κ3) is 10.9. The Kier molecular flexibility index (Phi) is 11.7. The van der Waals surface area contributed by atoms with E-state index < -0.39 is 6.10 Å². The van der Waals surface area contributed by atoms with Crippen molar-refractivity contribution in [2.45, 2.75) is 63.5 Å². The van der Waals surface area contributed by atoms with Gasteiger partial charge in [0, 0.05) is 22.6 Å². The monoisotopic (exact) mass is 552 g/mol. The van der Waals surface area contributed by atoms with Crippen LogP contribution in [0, 0.1) is 0 Å². The number of aliphatic hydroxyl groups excluding tert-OH is 1. The number of carbonyl (C=O) groups is 1. The van der Waals surface area contributed by atoms with E-state index in [4.69, 9.17) is 42.5 Å². The molecule has 0 aliphatic carbocycles. The molecule has 2 aliphatic rings. The lowest BCUT2D eigenvalue weighted by atomic mass is 10.0. The average molecular weight is 554 g/mol. The summed E-state index contributed by atoms with van der Waals surface area (Å²) in [5, 5.41) is 16.7. The van der Waals surface area contributed by atoms with Crippen molar-refractivity contribution < 1.29 is 24.1 Å². The summed E-state index contributed by atoms with van der Waals surface area (Å²) in [7, 11) is 0. The second kappa shape index (κ2) is 14.4. The number of hydrogen-bond donors (Lipinski definition) is 3. The van der Waals surface area contributed by atoms with Crippen molar-refractivity contribution >= 4 is 29.1 Å². The second-order valence-electron chi connectivity index (χ2n) is 10.4. The minimum Gasteiger partial charge on any atom is -0.394 e. The van der Waals surface area contributed by atoms with Crippen LogP contribution in [0.25, 0.3) is 0 Å². The third-order valence-corrected chi connectivity index (χ3v) is 6.47. The Bertz CT molecular complexity index is 958. The van der Waals surface area contributed by atoms with Gasteiger partial charge >= 0.3 is 0 Å². The predicted molar refractivity (Wildman–Crippen MR) is 146 cm³/mol. The van der Waals surface area contributed by atoms with Crippen LogP contribution in [0.2, 0.25) is 10.0 Å². The molecular weight excluding hydrogens is 515 g/mol. The first-order chi connectivity index (χ1) is 17.6. The van der Waals surface area contributed by atoms with E-state index in [2.05, 4.69) is 10.6 Å². The Morgan fingerprint density at radius 3 is 1.92 bits per heavy atom. The number of nitrogens with one attached hydrogen (secondary N) is 2. The standard InChI is InChI=1S/C16H22ClNO3.C12H16ClNO2/c1-16(2,3)21-10-14-15(19)18-13(9-20-14)8-11-4-6-12(17)7-5-11;13-10-3-1-9(2-4-10)5-11-8-16-12(7-15)6-14-11/h4-7,13-14H,8-10H2,1-3H3,(H,18,19);1-4,11-12,14-15H,5-8H2/t13-,14-;11-,12+/m00/s1. The van der Waals surface area contributed by atoms with Crippen molar-refractivity contribution in [1.82, 2.24) is 10.6 Å². The molecule has 2 saturated heterocycles. The number of rotatable bonds is 7. The van der Waals surface area contributed by atoms with Crippen LogP contribution < -0.4 is 10.6 Å². The minimum atomic E-state index is -0.523. The van der Waals surface area contributed by atoms with Crippen LogP contribution in [0.5, 0.6) is 0 Å².